The minimum absolute atomic E-state index is 0.116. The van der Waals surface area contributed by atoms with Crippen molar-refractivity contribution < 1.29 is 14.1 Å². The molecule has 0 saturated heterocycles. The van der Waals surface area contributed by atoms with E-state index in [2.05, 4.69) is 31.4 Å². The van der Waals surface area contributed by atoms with Gasteiger partial charge in [-0.05, 0) is 41.1 Å². The fourth-order valence-corrected chi connectivity index (χ4v) is 3.65. The van der Waals surface area contributed by atoms with Crippen molar-refractivity contribution >= 4 is 44.5 Å². The van der Waals surface area contributed by atoms with Crippen LogP contribution in [0, 0.1) is 6.92 Å². The van der Waals surface area contributed by atoms with Crippen LogP contribution >= 0.6 is 15.9 Å². The fourth-order valence-electron chi connectivity index (χ4n) is 3.27. The highest BCUT2D eigenvalue weighted by Crippen LogP contribution is 2.28. The van der Waals surface area contributed by atoms with E-state index in [1.807, 2.05) is 48.5 Å². The van der Waals surface area contributed by atoms with E-state index in [4.69, 9.17) is 4.52 Å². The summed E-state index contributed by atoms with van der Waals surface area (Å²) in [6.07, 6.45) is 0. The molecule has 0 saturated carbocycles. The highest BCUT2D eigenvalue weighted by atomic mass is 79.9. The van der Waals surface area contributed by atoms with Gasteiger partial charge in [0.2, 0.25) is 5.91 Å². The van der Waals surface area contributed by atoms with E-state index in [1.54, 1.807) is 26.1 Å². The molecular formula is C23H19BrN4O3. The molecule has 31 heavy (non-hydrogen) atoms. The molecule has 2 amide bonds. The molecule has 0 radical (unpaired) electrons. The van der Waals surface area contributed by atoms with Gasteiger partial charge in [-0.15, -0.1) is 0 Å². The summed E-state index contributed by atoms with van der Waals surface area (Å²) in [7, 11) is 1.58. The van der Waals surface area contributed by atoms with Crippen molar-refractivity contribution in [3.8, 4) is 11.3 Å². The van der Waals surface area contributed by atoms with Gasteiger partial charge in [0.25, 0.3) is 11.6 Å². The Morgan fingerprint density at radius 1 is 1.10 bits per heavy atom. The maximum Gasteiger partial charge on any atom is 0.259 e. The van der Waals surface area contributed by atoms with Crippen LogP contribution in [0.15, 0.2) is 69.7 Å². The second-order valence-electron chi connectivity index (χ2n) is 7.06. The van der Waals surface area contributed by atoms with E-state index >= 15 is 0 Å². The molecular weight excluding hydrogens is 460 g/mol. The van der Waals surface area contributed by atoms with Crippen molar-refractivity contribution in [3.05, 3.63) is 76.4 Å². The maximum absolute atomic E-state index is 13.3. The zero-order valence-electron chi connectivity index (χ0n) is 16.9. The fraction of sp³-hybridized carbons (Fsp3) is 0.130. The summed E-state index contributed by atoms with van der Waals surface area (Å²) >= 11 is 3.40. The van der Waals surface area contributed by atoms with Crippen LogP contribution in [0.5, 0.6) is 0 Å². The van der Waals surface area contributed by atoms with E-state index in [-0.39, 0.29) is 24.1 Å². The van der Waals surface area contributed by atoms with Crippen LogP contribution in [-0.2, 0) is 4.79 Å². The van der Waals surface area contributed by atoms with Crippen molar-refractivity contribution in [2.75, 3.05) is 18.9 Å². The minimum atomic E-state index is -0.321. The first-order valence-electron chi connectivity index (χ1n) is 9.56. The summed E-state index contributed by atoms with van der Waals surface area (Å²) in [5.74, 6) is -0.628. The third-order valence-corrected chi connectivity index (χ3v) is 5.48. The molecule has 0 aliphatic heterocycles. The van der Waals surface area contributed by atoms with E-state index in [9.17, 15) is 9.59 Å². The summed E-state index contributed by atoms with van der Waals surface area (Å²) in [5, 5.41) is 7.32. The number of nitrogens with one attached hydrogen (secondary N) is 1. The summed E-state index contributed by atoms with van der Waals surface area (Å²) in [4.78, 5) is 31.7. The molecule has 0 bridgehead atoms. The molecule has 0 atom stereocenters. The molecule has 0 aliphatic carbocycles. The Labute approximate surface area is 187 Å². The number of rotatable bonds is 5. The van der Waals surface area contributed by atoms with E-state index < -0.39 is 0 Å². The van der Waals surface area contributed by atoms with Crippen LogP contribution in [0.3, 0.4) is 0 Å². The average Bonchev–Trinajstić information content (AvgIpc) is 3.15. The van der Waals surface area contributed by atoms with Gasteiger partial charge in [0.1, 0.15) is 0 Å². The number of benzene rings is 2. The molecule has 4 rings (SSSR count). The van der Waals surface area contributed by atoms with Crippen LogP contribution in [0.4, 0.5) is 5.69 Å². The number of halogens is 1. The predicted molar refractivity (Wildman–Crippen MR) is 122 cm³/mol. The SMILES string of the molecule is Cc1noc2nc(-c3ccccc3)cc(C(=O)N(C)CC(=O)Nc3ccccc3Br)c12. The lowest BCUT2D eigenvalue weighted by Gasteiger charge is -2.18. The number of carbonyl (C=O) groups excluding carboxylic acids is 2. The molecule has 8 heteroatoms. The number of carbonyl (C=O) groups is 2. The number of nitrogens with zero attached hydrogens (tertiary/aromatic N) is 3. The molecule has 2 aromatic carbocycles. The van der Waals surface area contributed by atoms with Crippen molar-refractivity contribution in [2.45, 2.75) is 6.92 Å². The minimum Gasteiger partial charge on any atom is -0.335 e. The number of likely N-dealkylation sites (N-methyl/N-ethyl adjacent to an activating group) is 1. The number of hydrogen-bond acceptors (Lipinski definition) is 5. The summed E-state index contributed by atoms with van der Waals surface area (Å²) < 4.78 is 6.10. The van der Waals surface area contributed by atoms with Crippen LogP contribution in [-0.4, -0.2) is 40.4 Å². The molecule has 2 heterocycles. The lowest BCUT2D eigenvalue weighted by atomic mass is 10.0. The van der Waals surface area contributed by atoms with Crippen molar-refractivity contribution in [1.82, 2.24) is 15.0 Å². The first-order valence-corrected chi connectivity index (χ1v) is 10.4. The van der Waals surface area contributed by atoms with E-state index in [1.165, 1.54) is 4.90 Å². The Kier molecular flexibility index (Phi) is 5.81. The number of para-hydroxylation sites is 1. The maximum atomic E-state index is 13.3. The molecule has 7 nitrogen and oxygen atoms in total. The Balaban J connectivity index is 1.62. The topological polar surface area (TPSA) is 88.3 Å². The smallest absolute Gasteiger partial charge is 0.259 e. The molecule has 0 unspecified atom stereocenters. The van der Waals surface area contributed by atoms with Gasteiger partial charge < -0.3 is 14.7 Å². The van der Waals surface area contributed by atoms with Gasteiger partial charge in [0.05, 0.1) is 34.6 Å². The standard InChI is InChI=1S/C23H19BrN4O3/c1-14-21-16(12-19(26-22(21)31-27-14)15-8-4-3-5-9-15)23(30)28(2)13-20(29)25-18-11-7-6-10-17(18)24/h3-12H,13H2,1-2H3,(H,25,29). The Hall–Kier alpha value is -3.52. The van der Waals surface area contributed by atoms with Gasteiger partial charge in [0.15, 0.2) is 0 Å². The van der Waals surface area contributed by atoms with Gasteiger partial charge in [0, 0.05) is 17.1 Å². The lowest BCUT2D eigenvalue weighted by Crippen LogP contribution is -2.35. The molecule has 0 fully saturated rings. The summed E-state index contributed by atoms with van der Waals surface area (Å²) in [6.45, 7) is 1.64. The Morgan fingerprint density at radius 3 is 2.55 bits per heavy atom. The van der Waals surface area contributed by atoms with Crippen LogP contribution in [0.2, 0.25) is 0 Å². The van der Waals surface area contributed by atoms with Gasteiger partial charge in [-0.1, -0.05) is 47.6 Å². The summed E-state index contributed by atoms with van der Waals surface area (Å²) in [5.41, 5.74) is 3.32. The Morgan fingerprint density at radius 2 is 1.81 bits per heavy atom. The second kappa shape index (κ2) is 8.69. The molecule has 4 aromatic rings. The second-order valence-corrected chi connectivity index (χ2v) is 7.91. The number of aromatic nitrogens is 2. The molecule has 0 spiro atoms. The number of anilines is 1. The zero-order chi connectivity index (χ0) is 22.0. The molecule has 2 aromatic heterocycles. The molecule has 0 aliphatic rings. The normalized spacial score (nSPS) is 10.8. The molecule has 1 N–H and O–H groups in total. The lowest BCUT2D eigenvalue weighted by molar-refractivity contribution is -0.116. The first kappa shape index (κ1) is 20.7. The van der Waals surface area contributed by atoms with Crippen LogP contribution in [0.1, 0.15) is 16.1 Å². The van der Waals surface area contributed by atoms with Gasteiger partial charge in [-0.2, -0.15) is 0 Å². The highest BCUT2D eigenvalue weighted by Gasteiger charge is 2.23. The monoisotopic (exact) mass is 478 g/mol. The van der Waals surface area contributed by atoms with Gasteiger partial charge >= 0.3 is 0 Å². The summed E-state index contributed by atoms with van der Waals surface area (Å²) in [6, 6.07) is 18.5. The molecule has 156 valence electrons. The quantitative estimate of drug-likeness (QED) is 0.450. The largest absolute Gasteiger partial charge is 0.335 e. The van der Waals surface area contributed by atoms with E-state index in [0.29, 0.717) is 28.0 Å². The van der Waals surface area contributed by atoms with Crippen molar-refractivity contribution in [1.29, 1.82) is 0 Å². The van der Waals surface area contributed by atoms with Crippen molar-refractivity contribution in [3.63, 3.8) is 0 Å². The van der Waals surface area contributed by atoms with Crippen LogP contribution < -0.4 is 5.32 Å². The first-order chi connectivity index (χ1) is 14.9. The Bertz CT molecular complexity index is 1270. The van der Waals surface area contributed by atoms with Gasteiger partial charge in [-0.25, -0.2) is 4.98 Å². The number of hydrogen-bond donors (Lipinski definition) is 1. The number of fused-ring (bicyclic) bond motifs is 1. The van der Waals surface area contributed by atoms with E-state index in [0.717, 1.165) is 10.0 Å². The number of amides is 2. The third kappa shape index (κ3) is 4.34. The van der Waals surface area contributed by atoms with Crippen molar-refractivity contribution in [2.24, 2.45) is 0 Å². The van der Waals surface area contributed by atoms with Crippen LogP contribution in [0.25, 0.3) is 22.4 Å². The average molecular weight is 479 g/mol. The zero-order valence-corrected chi connectivity index (χ0v) is 18.5. The highest BCUT2D eigenvalue weighted by molar-refractivity contribution is 9.10. The number of aryl methyl sites for hydroxylation is 1. The number of pyridine rings is 1. The van der Waals surface area contributed by atoms with Gasteiger partial charge in [-0.3, -0.25) is 9.59 Å². The third-order valence-electron chi connectivity index (χ3n) is 4.79. The predicted octanol–water partition coefficient (Wildman–Crippen LogP) is 4.67.